The van der Waals surface area contributed by atoms with E-state index in [0.717, 1.165) is 10.5 Å². The molecule has 2 aromatic rings. The van der Waals surface area contributed by atoms with Crippen molar-refractivity contribution in [2.45, 2.75) is 12.7 Å². The highest BCUT2D eigenvalue weighted by Crippen LogP contribution is 2.32. The van der Waals surface area contributed by atoms with Crippen LogP contribution in [0.25, 0.3) is 0 Å². The quantitative estimate of drug-likeness (QED) is 0.762. The molecule has 22 heavy (non-hydrogen) atoms. The van der Waals surface area contributed by atoms with Gasteiger partial charge in [0.05, 0.1) is 5.56 Å². The summed E-state index contributed by atoms with van der Waals surface area (Å²) in [4.78, 5) is 13.6. The van der Waals surface area contributed by atoms with Crippen LogP contribution >= 0.6 is 15.9 Å². The van der Waals surface area contributed by atoms with E-state index in [4.69, 9.17) is 0 Å². The number of carbonyl (C=O) groups is 1. The lowest BCUT2D eigenvalue weighted by Crippen LogP contribution is -2.27. The highest BCUT2D eigenvalue weighted by Gasteiger charge is 2.33. The first-order chi connectivity index (χ1) is 10.3. The molecule has 0 saturated heterocycles. The third-order valence-corrected chi connectivity index (χ3v) is 3.64. The van der Waals surface area contributed by atoms with Gasteiger partial charge >= 0.3 is 6.18 Å². The smallest absolute Gasteiger partial charge is 0.337 e. The maximum Gasteiger partial charge on any atom is 0.416 e. The lowest BCUT2D eigenvalue weighted by Gasteiger charge is -2.20. The van der Waals surface area contributed by atoms with E-state index >= 15 is 0 Å². The molecule has 2 nitrogen and oxygen atoms in total. The molecule has 0 spiro atoms. The number of nitrogens with zero attached hydrogens (tertiary/aromatic N) is 1. The van der Waals surface area contributed by atoms with Crippen molar-refractivity contribution in [1.82, 2.24) is 4.90 Å². The fourth-order valence-corrected chi connectivity index (χ4v) is 2.50. The van der Waals surface area contributed by atoms with Gasteiger partial charge in [-0.2, -0.15) is 13.2 Å². The van der Waals surface area contributed by atoms with E-state index in [0.29, 0.717) is 5.56 Å². The van der Waals surface area contributed by atoms with Crippen molar-refractivity contribution in [3.63, 3.8) is 0 Å². The first kappa shape index (κ1) is 16.5. The van der Waals surface area contributed by atoms with Gasteiger partial charge in [0, 0.05) is 23.6 Å². The van der Waals surface area contributed by atoms with Crippen LogP contribution in [0.4, 0.5) is 13.2 Å². The number of alkyl halides is 3. The zero-order valence-corrected chi connectivity index (χ0v) is 13.3. The Kier molecular flexibility index (Phi) is 4.90. The summed E-state index contributed by atoms with van der Waals surface area (Å²) in [5.41, 5.74) is -0.230. The summed E-state index contributed by atoms with van der Waals surface area (Å²) in [6.07, 6.45) is -4.43. The number of amides is 1. The molecule has 0 heterocycles. The number of carbonyl (C=O) groups excluding carboxylic acids is 1. The van der Waals surface area contributed by atoms with E-state index in [-0.39, 0.29) is 18.0 Å². The van der Waals surface area contributed by atoms with Crippen LogP contribution < -0.4 is 0 Å². The van der Waals surface area contributed by atoms with E-state index in [1.165, 1.54) is 30.1 Å². The third-order valence-electron chi connectivity index (χ3n) is 3.15. The Hall–Kier alpha value is -1.82. The van der Waals surface area contributed by atoms with Crippen LogP contribution in [-0.2, 0) is 12.7 Å². The van der Waals surface area contributed by atoms with E-state index in [1.54, 1.807) is 24.3 Å². The SMILES string of the molecule is CN(Cc1ccccc1C(F)(F)F)C(=O)c1cccc(Br)c1. The zero-order chi connectivity index (χ0) is 16.3. The largest absolute Gasteiger partial charge is 0.416 e. The molecule has 0 unspecified atom stereocenters. The molecule has 0 aliphatic rings. The van der Waals surface area contributed by atoms with Crippen molar-refractivity contribution < 1.29 is 18.0 Å². The van der Waals surface area contributed by atoms with Crippen molar-refractivity contribution in [2.75, 3.05) is 7.05 Å². The molecule has 1 amide bonds. The third kappa shape index (κ3) is 3.88. The second-order valence-electron chi connectivity index (χ2n) is 4.83. The topological polar surface area (TPSA) is 20.3 Å². The minimum absolute atomic E-state index is 0.0702. The first-order valence-electron chi connectivity index (χ1n) is 6.45. The zero-order valence-electron chi connectivity index (χ0n) is 11.7. The van der Waals surface area contributed by atoms with Crippen molar-refractivity contribution in [3.05, 3.63) is 69.7 Å². The molecule has 116 valence electrons. The van der Waals surface area contributed by atoms with Crippen molar-refractivity contribution in [3.8, 4) is 0 Å². The summed E-state index contributed by atoms with van der Waals surface area (Å²) in [7, 11) is 1.48. The van der Waals surface area contributed by atoms with Gasteiger partial charge in [0.15, 0.2) is 0 Å². The lowest BCUT2D eigenvalue weighted by molar-refractivity contribution is -0.138. The molecular weight excluding hydrogens is 359 g/mol. The predicted molar refractivity (Wildman–Crippen MR) is 81.4 cm³/mol. The van der Waals surface area contributed by atoms with E-state index in [9.17, 15) is 18.0 Å². The Balaban J connectivity index is 2.23. The summed E-state index contributed by atoms with van der Waals surface area (Å²) in [5.74, 6) is -0.335. The fourth-order valence-electron chi connectivity index (χ4n) is 2.10. The molecule has 2 rings (SSSR count). The molecule has 0 aromatic heterocycles. The van der Waals surface area contributed by atoms with Crippen LogP contribution in [-0.4, -0.2) is 17.9 Å². The summed E-state index contributed by atoms with van der Waals surface area (Å²) in [6.45, 7) is -0.110. The maximum absolute atomic E-state index is 13.0. The number of halogens is 4. The molecule has 0 saturated carbocycles. The summed E-state index contributed by atoms with van der Waals surface area (Å²) in [6, 6.07) is 12.0. The number of rotatable bonds is 3. The summed E-state index contributed by atoms with van der Waals surface area (Å²) in [5, 5.41) is 0. The predicted octanol–water partition coefficient (Wildman–Crippen LogP) is 4.74. The van der Waals surface area contributed by atoms with Crippen molar-refractivity contribution in [2.24, 2.45) is 0 Å². The highest BCUT2D eigenvalue weighted by atomic mass is 79.9. The second-order valence-corrected chi connectivity index (χ2v) is 5.74. The Bertz CT molecular complexity index is 685. The molecule has 0 fully saturated rings. The minimum Gasteiger partial charge on any atom is -0.337 e. The molecular formula is C16H13BrF3NO. The van der Waals surface area contributed by atoms with Gasteiger partial charge in [0.1, 0.15) is 0 Å². The number of hydrogen-bond donors (Lipinski definition) is 0. The van der Waals surface area contributed by atoms with Crippen molar-refractivity contribution >= 4 is 21.8 Å². The average Bonchev–Trinajstić information content (AvgIpc) is 2.46. The van der Waals surface area contributed by atoms with Crippen LogP contribution in [0.5, 0.6) is 0 Å². The molecule has 0 N–H and O–H groups in total. The monoisotopic (exact) mass is 371 g/mol. The molecule has 2 aromatic carbocycles. The van der Waals surface area contributed by atoms with Crippen LogP contribution in [0.3, 0.4) is 0 Å². The highest BCUT2D eigenvalue weighted by molar-refractivity contribution is 9.10. The Morgan fingerprint density at radius 2 is 1.82 bits per heavy atom. The van der Waals surface area contributed by atoms with Crippen molar-refractivity contribution in [1.29, 1.82) is 0 Å². The summed E-state index contributed by atoms with van der Waals surface area (Å²) >= 11 is 3.26. The van der Waals surface area contributed by atoms with Gasteiger partial charge in [-0.15, -0.1) is 0 Å². The maximum atomic E-state index is 13.0. The molecule has 0 aliphatic heterocycles. The second kappa shape index (κ2) is 6.52. The molecule has 0 bridgehead atoms. The Morgan fingerprint density at radius 1 is 1.14 bits per heavy atom. The first-order valence-corrected chi connectivity index (χ1v) is 7.24. The standard InChI is InChI=1S/C16H13BrF3NO/c1-21(15(22)11-6-4-7-13(17)9-11)10-12-5-2-3-8-14(12)16(18,19)20/h2-9H,10H2,1H3. The van der Waals surface area contributed by atoms with Gasteiger partial charge in [-0.05, 0) is 29.8 Å². The van der Waals surface area contributed by atoms with E-state index < -0.39 is 11.7 Å². The van der Waals surface area contributed by atoms with Gasteiger partial charge in [0.25, 0.3) is 5.91 Å². The van der Waals surface area contributed by atoms with Gasteiger partial charge in [-0.1, -0.05) is 40.2 Å². The summed E-state index contributed by atoms with van der Waals surface area (Å²) < 4.78 is 39.6. The van der Waals surface area contributed by atoms with Gasteiger partial charge in [-0.3, -0.25) is 4.79 Å². The molecule has 0 atom stereocenters. The molecule has 0 radical (unpaired) electrons. The van der Waals surface area contributed by atoms with Crippen LogP contribution in [0.1, 0.15) is 21.5 Å². The number of benzene rings is 2. The van der Waals surface area contributed by atoms with E-state index in [1.807, 2.05) is 0 Å². The van der Waals surface area contributed by atoms with E-state index in [2.05, 4.69) is 15.9 Å². The van der Waals surface area contributed by atoms with Gasteiger partial charge in [0.2, 0.25) is 0 Å². The van der Waals surface area contributed by atoms with Crippen LogP contribution in [0.15, 0.2) is 53.0 Å². The molecule has 6 heteroatoms. The average molecular weight is 372 g/mol. The van der Waals surface area contributed by atoms with Crippen LogP contribution in [0, 0.1) is 0 Å². The van der Waals surface area contributed by atoms with Crippen LogP contribution in [0.2, 0.25) is 0 Å². The Labute approximate surface area is 134 Å². The lowest BCUT2D eigenvalue weighted by atomic mass is 10.1. The normalized spacial score (nSPS) is 11.3. The van der Waals surface area contributed by atoms with Gasteiger partial charge < -0.3 is 4.90 Å². The minimum atomic E-state index is -4.43. The van der Waals surface area contributed by atoms with Gasteiger partial charge in [-0.25, -0.2) is 0 Å². The Morgan fingerprint density at radius 3 is 2.45 bits per heavy atom. The fraction of sp³-hybridized carbons (Fsp3) is 0.188. The molecule has 0 aliphatic carbocycles. The number of hydrogen-bond acceptors (Lipinski definition) is 1.